The third-order valence-electron chi connectivity index (χ3n) is 12.2. The van der Waals surface area contributed by atoms with Crippen LogP contribution < -0.4 is 60.2 Å². The van der Waals surface area contributed by atoms with Crippen LogP contribution in [0.1, 0.15) is 50.3 Å². The monoisotopic (exact) mass is 1090 g/mol. The maximum atomic E-state index is 14.8. The smallest absolute Gasteiger partial charge is 0.245 e. The summed E-state index contributed by atoms with van der Waals surface area (Å²) < 4.78 is -1.44. The summed E-state index contributed by atoms with van der Waals surface area (Å²) in [7, 11) is 1.92. The highest BCUT2D eigenvalue weighted by Gasteiger charge is 2.42. The number of amides is 8. The first-order chi connectivity index (χ1) is 36.1. The summed E-state index contributed by atoms with van der Waals surface area (Å²) in [4.78, 5) is 120. The van der Waals surface area contributed by atoms with E-state index in [4.69, 9.17) is 22.9 Å². The number of nitrogens with two attached hydrogens (primary N) is 4. The van der Waals surface area contributed by atoms with Crippen LogP contribution in [0.4, 0.5) is 0 Å². The molecule has 1 aromatic heterocycles. The number of aromatic amines is 1. The lowest BCUT2D eigenvalue weighted by atomic mass is 10.00. The third kappa shape index (κ3) is 17.3. The van der Waals surface area contributed by atoms with Crippen molar-refractivity contribution in [1.82, 2.24) is 42.2 Å². The number of benzene rings is 3. The van der Waals surface area contributed by atoms with Crippen molar-refractivity contribution < 1.29 is 53.7 Å². The topological polar surface area (TPSA) is 414 Å². The van der Waals surface area contributed by atoms with Gasteiger partial charge < -0.3 is 80.5 Å². The lowest BCUT2D eigenvalue weighted by Gasteiger charge is -2.35. The molecular formula is C50H67N13O11S2. The summed E-state index contributed by atoms with van der Waals surface area (Å²) in [5, 5.41) is 50.0. The lowest BCUT2D eigenvalue weighted by molar-refractivity contribution is -0.136. The molecule has 26 heteroatoms. The second-order valence-corrected chi connectivity index (χ2v) is 21.7. The summed E-state index contributed by atoms with van der Waals surface area (Å²) in [6.45, 7) is 3.22. The van der Waals surface area contributed by atoms with Gasteiger partial charge in [0.15, 0.2) is 5.96 Å². The largest absolute Gasteiger partial charge is 0.508 e. The summed E-state index contributed by atoms with van der Waals surface area (Å²) >= 11 is 0. The number of aliphatic hydroxyl groups is 2. The van der Waals surface area contributed by atoms with Crippen molar-refractivity contribution >= 4 is 85.7 Å². The minimum atomic E-state index is -1.77. The number of aliphatic hydroxyl groups excluding tert-OH is 2. The molecule has 410 valence electrons. The maximum absolute atomic E-state index is 14.8. The van der Waals surface area contributed by atoms with E-state index in [-0.39, 0.29) is 56.1 Å². The molecule has 3 aromatic carbocycles. The van der Waals surface area contributed by atoms with Gasteiger partial charge in [-0.1, -0.05) is 82.3 Å². The van der Waals surface area contributed by atoms with Crippen LogP contribution in [0, 0.1) is 0 Å². The molecule has 1 fully saturated rings. The van der Waals surface area contributed by atoms with E-state index in [9.17, 15) is 53.7 Å². The minimum absolute atomic E-state index is 0.000753. The number of fused-ring (bicyclic) bond motifs is 1. The van der Waals surface area contributed by atoms with E-state index in [1.807, 2.05) is 6.07 Å². The van der Waals surface area contributed by atoms with E-state index in [1.54, 1.807) is 54.7 Å². The van der Waals surface area contributed by atoms with Crippen LogP contribution in [0.5, 0.6) is 5.75 Å². The highest BCUT2D eigenvalue weighted by atomic mass is 33.1. The van der Waals surface area contributed by atoms with E-state index in [0.29, 0.717) is 22.0 Å². The first-order valence-electron chi connectivity index (χ1n) is 24.3. The highest BCUT2D eigenvalue weighted by Crippen LogP contribution is 2.39. The van der Waals surface area contributed by atoms with Crippen molar-refractivity contribution in [2.24, 2.45) is 27.9 Å². The van der Waals surface area contributed by atoms with Gasteiger partial charge in [0.2, 0.25) is 47.3 Å². The Labute approximate surface area is 446 Å². The van der Waals surface area contributed by atoms with Gasteiger partial charge in [-0.2, -0.15) is 0 Å². The van der Waals surface area contributed by atoms with E-state index in [1.165, 1.54) is 45.0 Å². The van der Waals surface area contributed by atoms with Crippen LogP contribution in [0.15, 0.2) is 90.1 Å². The SMILES string of the molecule is C[C@@H](O)[C@H](NC(=O)[C@H]1NC(=O)[C@H](CO)NC(=O)[C@H](CCCN=C(N)N)NC(=O)[C@@H](Cc2c[nH]c3ccccc23)NC(=O)[C@H](Cc2ccc(O)cc2)NC(=O)[C@@H](NC(=O)[C@H](N)Cc2ccccc2)CSSC1(C)C)C(N)=O. The molecule has 76 heavy (non-hydrogen) atoms. The van der Waals surface area contributed by atoms with Gasteiger partial charge in [-0.15, -0.1) is 0 Å². The molecule has 0 radical (unpaired) electrons. The van der Waals surface area contributed by atoms with Gasteiger partial charge >= 0.3 is 0 Å². The molecule has 1 aliphatic heterocycles. The number of phenols is 1. The number of guanidine groups is 1. The van der Waals surface area contributed by atoms with Crippen molar-refractivity contribution in [3.63, 3.8) is 0 Å². The Morgan fingerprint density at radius 3 is 2.01 bits per heavy atom. The van der Waals surface area contributed by atoms with Crippen molar-refractivity contribution in [2.75, 3.05) is 18.9 Å². The second kappa shape index (κ2) is 27.9. The molecule has 0 spiro atoms. The molecule has 2 heterocycles. The minimum Gasteiger partial charge on any atom is -0.508 e. The van der Waals surface area contributed by atoms with Gasteiger partial charge in [-0.25, -0.2) is 0 Å². The fourth-order valence-electron chi connectivity index (χ4n) is 8.05. The number of hydrogen-bond acceptors (Lipinski definition) is 15. The van der Waals surface area contributed by atoms with Crippen molar-refractivity contribution in [3.05, 3.63) is 102 Å². The second-order valence-electron chi connectivity index (χ2n) is 18.7. The van der Waals surface area contributed by atoms with Crippen LogP contribution >= 0.6 is 21.6 Å². The molecule has 1 saturated heterocycles. The Kier molecular flexibility index (Phi) is 21.9. The average molecular weight is 1090 g/mol. The van der Waals surface area contributed by atoms with Crippen molar-refractivity contribution in [1.29, 1.82) is 0 Å². The van der Waals surface area contributed by atoms with Crippen LogP contribution in [0.3, 0.4) is 0 Å². The van der Waals surface area contributed by atoms with E-state index in [2.05, 4.69) is 47.2 Å². The van der Waals surface area contributed by atoms with Crippen LogP contribution in [-0.4, -0.2) is 152 Å². The molecular weight excluding hydrogens is 1020 g/mol. The number of para-hydroxylation sites is 1. The quantitative estimate of drug-likeness (QED) is 0.0229. The number of nitrogens with one attached hydrogen (secondary N) is 8. The summed E-state index contributed by atoms with van der Waals surface area (Å²) in [6, 6.07) is 9.85. The molecule has 0 aliphatic carbocycles. The molecule has 9 atom stereocenters. The zero-order valence-electron chi connectivity index (χ0n) is 42.1. The Balaban J connectivity index is 1.62. The number of rotatable bonds is 17. The zero-order chi connectivity index (χ0) is 55.7. The number of phenolic OH excluding ortho intramolecular Hbond substituents is 1. The van der Waals surface area contributed by atoms with Gasteiger partial charge in [0.1, 0.15) is 48.0 Å². The Morgan fingerprint density at radius 1 is 0.776 bits per heavy atom. The third-order valence-corrected chi connectivity index (χ3v) is 15.5. The van der Waals surface area contributed by atoms with Gasteiger partial charge in [-0.3, -0.25) is 43.3 Å². The molecule has 24 nitrogen and oxygen atoms in total. The first kappa shape index (κ1) is 59.5. The zero-order valence-corrected chi connectivity index (χ0v) is 43.7. The van der Waals surface area contributed by atoms with Crippen LogP contribution in [0.2, 0.25) is 0 Å². The van der Waals surface area contributed by atoms with E-state index < -0.39 is 113 Å². The fraction of sp³-hybridized carbons (Fsp3) is 0.420. The van der Waals surface area contributed by atoms with Crippen LogP contribution in [-0.2, 0) is 57.6 Å². The predicted molar refractivity (Wildman–Crippen MR) is 287 cm³/mol. The summed E-state index contributed by atoms with van der Waals surface area (Å²) in [5.41, 5.74) is 25.5. The summed E-state index contributed by atoms with van der Waals surface area (Å²) in [6.07, 6.45) is -0.169. The van der Waals surface area contributed by atoms with Crippen molar-refractivity contribution in [2.45, 2.75) is 112 Å². The number of nitrogens with zero attached hydrogens (tertiary/aromatic N) is 1. The van der Waals surface area contributed by atoms with Gasteiger partial charge in [0, 0.05) is 47.0 Å². The number of aliphatic imine (C=N–C) groups is 1. The highest BCUT2D eigenvalue weighted by molar-refractivity contribution is 8.77. The van der Waals surface area contributed by atoms with E-state index in [0.717, 1.165) is 27.2 Å². The molecule has 0 bridgehead atoms. The molecule has 8 amide bonds. The standard InChI is InChI=1S/C50H67N13O11S2/c1-26(65)39(41(52)67)62-48(74)40-50(2,3)76-75-25-38(61-42(68)32(51)20-27-10-5-4-6-11-27)47(73)58-35(21-28-15-17-30(66)18-16-28)44(70)59-36(22-29-23-56-33-13-8-7-12-31(29)33)45(71)57-34(14-9-19-55-49(53)54)43(69)60-37(24-64)46(72)63-40/h4-8,10-13,15-18,23,26,32,34-40,56,64-66H,9,14,19-22,24-25,51H2,1-3H3,(H2,52,67)(H,57,71)(H,58,73)(H,59,70)(H,60,69)(H,61,68)(H,62,74)(H,63,72)(H4,53,54,55)/t26-,32-,34+,35+,36-,37+,38+,39+,40-/m1/s1. The number of H-pyrrole nitrogens is 1. The van der Waals surface area contributed by atoms with Gasteiger partial charge in [0.25, 0.3) is 0 Å². The Bertz CT molecular complexity index is 2710. The van der Waals surface area contributed by atoms with Gasteiger partial charge in [-0.05, 0) is 74.9 Å². The molecule has 4 aromatic rings. The number of carbonyl (C=O) groups excluding carboxylic acids is 8. The number of aromatic hydroxyl groups is 1. The number of carbonyl (C=O) groups is 8. The normalized spacial score (nSPS) is 22.2. The summed E-state index contributed by atoms with van der Waals surface area (Å²) in [5.74, 6) is -8.13. The lowest BCUT2D eigenvalue weighted by Crippen LogP contribution is -2.64. The van der Waals surface area contributed by atoms with E-state index >= 15 is 0 Å². The molecule has 5 rings (SSSR count). The maximum Gasteiger partial charge on any atom is 0.245 e. The number of aromatic nitrogens is 1. The number of primary amides is 1. The van der Waals surface area contributed by atoms with Crippen molar-refractivity contribution in [3.8, 4) is 5.75 Å². The molecule has 0 saturated carbocycles. The Hall–Kier alpha value is -7.39. The molecule has 0 unspecified atom stereocenters. The van der Waals surface area contributed by atoms with Crippen LogP contribution in [0.25, 0.3) is 10.9 Å². The Morgan fingerprint density at radius 2 is 1.37 bits per heavy atom. The molecule has 19 N–H and O–H groups in total. The number of hydrogen-bond donors (Lipinski definition) is 15. The average Bonchev–Trinajstić information content (AvgIpc) is 3.78. The van der Waals surface area contributed by atoms with Gasteiger partial charge in [0.05, 0.1) is 18.8 Å². The molecule has 1 aliphatic rings. The predicted octanol–water partition coefficient (Wildman–Crippen LogP) is -2.29. The fourth-order valence-corrected chi connectivity index (χ4v) is 10.9. The first-order valence-corrected chi connectivity index (χ1v) is 26.6.